The third kappa shape index (κ3) is 8.05. The maximum absolute atomic E-state index is 13.9. The molecule has 3 aromatic carbocycles. The zero-order valence-electron chi connectivity index (χ0n) is 21.7. The molecule has 0 aliphatic carbocycles. The lowest BCUT2D eigenvalue weighted by molar-refractivity contribution is -0.139. The Morgan fingerprint density at radius 2 is 1.59 bits per heavy atom. The molecule has 1 unspecified atom stereocenters. The van der Waals surface area contributed by atoms with Crippen LogP contribution < -0.4 is 9.62 Å². The van der Waals surface area contributed by atoms with Crippen LogP contribution >= 0.6 is 23.2 Å². The molecule has 0 fully saturated rings. The number of nitrogens with one attached hydrogen (secondary N) is 1. The molecule has 0 aliphatic heterocycles. The molecule has 0 heterocycles. The molecule has 11 heteroatoms. The second-order valence-corrected chi connectivity index (χ2v) is 11.7. The van der Waals surface area contributed by atoms with Crippen molar-refractivity contribution in [3.05, 3.63) is 99.5 Å². The number of likely N-dealkylation sites (N-methyl/N-ethyl adjacent to an activating group) is 1. The highest BCUT2D eigenvalue weighted by Gasteiger charge is 2.32. The van der Waals surface area contributed by atoms with E-state index in [4.69, 9.17) is 23.2 Å². The van der Waals surface area contributed by atoms with Gasteiger partial charge in [-0.1, -0.05) is 71.7 Å². The van der Waals surface area contributed by atoms with Crippen LogP contribution in [0.5, 0.6) is 0 Å². The van der Waals surface area contributed by atoms with Gasteiger partial charge in [0.1, 0.15) is 12.6 Å². The number of Topliss-reactive ketones (excluding diaryl/α,β-unsaturated/α-hetero) is 1. The lowest BCUT2D eigenvalue weighted by Gasteiger charge is -2.33. The monoisotopic (exact) mass is 589 g/mol. The summed E-state index contributed by atoms with van der Waals surface area (Å²) < 4.78 is 26.6. The Kier molecular flexibility index (Phi) is 10.1. The Balaban J connectivity index is 2.06. The average molecular weight is 591 g/mol. The minimum Gasteiger partial charge on any atom is -0.357 e. The van der Waals surface area contributed by atoms with Crippen molar-refractivity contribution in [1.29, 1.82) is 0 Å². The molecule has 206 valence electrons. The van der Waals surface area contributed by atoms with Crippen molar-refractivity contribution >= 4 is 56.5 Å². The molecular weight excluding hydrogens is 561 g/mol. The minimum atomic E-state index is -3.95. The molecule has 0 aliphatic rings. The first-order chi connectivity index (χ1) is 18.4. The number of hydrogen-bond acceptors (Lipinski definition) is 5. The number of rotatable bonds is 11. The van der Waals surface area contributed by atoms with Crippen LogP contribution in [0.3, 0.4) is 0 Å². The van der Waals surface area contributed by atoms with Crippen LogP contribution in [0, 0.1) is 0 Å². The van der Waals surface area contributed by atoms with Gasteiger partial charge in [0.25, 0.3) is 0 Å². The van der Waals surface area contributed by atoms with Gasteiger partial charge in [0.15, 0.2) is 5.78 Å². The summed E-state index contributed by atoms with van der Waals surface area (Å²) in [6.45, 7) is 0.737. The maximum Gasteiger partial charge on any atom is 0.244 e. The van der Waals surface area contributed by atoms with E-state index in [9.17, 15) is 22.8 Å². The molecule has 0 aromatic heterocycles. The molecule has 0 spiro atoms. The van der Waals surface area contributed by atoms with E-state index in [1.807, 2.05) is 30.3 Å². The maximum atomic E-state index is 13.9. The highest BCUT2D eigenvalue weighted by molar-refractivity contribution is 7.92. The van der Waals surface area contributed by atoms with Crippen molar-refractivity contribution in [3.8, 4) is 0 Å². The summed E-state index contributed by atoms with van der Waals surface area (Å²) in [5.74, 6) is -1.29. The fraction of sp³-hybridized carbons (Fsp3) is 0.250. The number of benzene rings is 3. The molecule has 39 heavy (non-hydrogen) atoms. The average Bonchev–Trinajstić information content (AvgIpc) is 2.90. The largest absolute Gasteiger partial charge is 0.357 e. The van der Waals surface area contributed by atoms with Crippen molar-refractivity contribution in [2.45, 2.75) is 25.9 Å². The van der Waals surface area contributed by atoms with Gasteiger partial charge in [0.2, 0.25) is 21.8 Å². The highest BCUT2D eigenvalue weighted by Crippen LogP contribution is 2.25. The minimum absolute atomic E-state index is 0.0360. The Bertz CT molecular complexity index is 1470. The van der Waals surface area contributed by atoms with E-state index in [2.05, 4.69) is 5.32 Å². The Labute approximate surface area is 238 Å². The van der Waals surface area contributed by atoms with E-state index in [0.29, 0.717) is 16.1 Å². The van der Waals surface area contributed by atoms with Gasteiger partial charge >= 0.3 is 0 Å². The number of carbonyl (C=O) groups excluding carboxylic acids is 3. The standard InChI is InChI=1S/C28H29Cl2N3O5S/c1-19(34)22-10-7-11-23(16-22)33(39(3,37)38)18-27(35)32(17-21-12-13-24(29)25(30)14-21)26(28(36)31-2)15-20-8-5-4-6-9-20/h4-14,16,26H,15,17-18H2,1-3H3,(H,31,36). The van der Waals surface area contributed by atoms with E-state index in [1.165, 1.54) is 31.0 Å². The molecule has 3 aromatic rings. The van der Waals surface area contributed by atoms with E-state index in [-0.39, 0.29) is 29.5 Å². The third-order valence-electron chi connectivity index (χ3n) is 6.07. The molecule has 2 amide bonds. The summed E-state index contributed by atoms with van der Waals surface area (Å²) in [6, 6.07) is 19.1. The van der Waals surface area contributed by atoms with E-state index >= 15 is 0 Å². The fourth-order valence-corrected chi connectivity index (χ4v) is 5.21. The normalized spacial score (nSPS) is 11.9. The van der Waals surface area contributed by atoms with Crippen molar-refractivity contribution in [1.82, 2.24) is 10.2 Å². The third-order valence-corrected chi connectivity index (χ3v) is 7.95. The summed E-state index contributed by atoms with van der Waals surface area (Å²) in [4.78, 5) is 40.3. The smallest absolute Gasteiger partial charge is 0.244 e. The second-order valence-electron chi connectivity index (χ2n) is 8.97. The van der Waals surface area contributed by atoms with Gasteiger partial charge < -0.3 is 10.2 Å². The van der Waals surface area contributed by atoms with Crippen molar-refractivity contribution < 1.29 is 22.8 Å². The molecule has 0 saturated carbocycles. The fourth-order valence-electron chi connectivity index (χ4n) is 4.05. The predicted octanol–water partition coefficient (Wildman–Crippen LogP) is 4.35. The van der Waals surface area contributed by atoms with Crippen LogP contribution in [0.25, 0.3) is 0 Å². The number of halogens is 2. The molecule has 8 nitrogen and oxygen atoms in total. The summed E-state index contributed by atoms with van der Waals surface area (Å²) in [5.41, 5.74) is 1.87. The summed E-state index contributed by atoms with van der Waals surface area (Å²) >= 11 is 12.3. The summed E-state index contributed by atoms with van der Waals surface area (Å²) in [6.07, 6.45) is 1.16. The number of sulfonamides is 1. The van der Waals surface area contributed by atoms with Gasteiger partial charge in [-0.15, -0.1) is 0 Å². The topological polar surface area (TPSA) is 104 Å². The molecule has 3 rings (SSSR count). The molecule has 0 saturated heterocycles. The van der Waals surface area contributed by atoms with Crippen LogP contribution in [-0.4, -0.2) is 56.8 Å². The zero-order chi connectivity index (χ0) is 28.7. The van der Waals surface area contributed by atoms with Gasteiger partial charge in [-0.05, 0) is 42.3 Å². The molecule has 0 radical (unpaired) electrons. The predicted molar refractivity (Wildman–Crippen MR) is 154 cm³/mol. The number of amides is 2. The number of carbonyl (C=O) groups is 3. The first-order valence-corrected chi connectivity index (χ1v) is 14.6. The van der Waals surface area contributed by atoms with Gasteiger partial charge in [-0.2, -0.15) is 0 Å². The van der Waals surface area contributed by atoms with Gasteiger partial charge in [-0.25, -0.2) is 8.42 Å². The first-order valence-electron chi connectivity index (χ1n) is 12.0. The number of anilines is 1. The molecular formula is C28H29Cl2N3O5S. The van der Waals surface area contributed by atoms with Crippen LogP contribution in [0.4, 0.5) is 5.69 Å². The van der Waals surface area contributed by atoms with Crippen LogP contribution in [0.2, 0.25) is 10.0 Å². The van der Waals surface area contributed by atoms with Gasteiger partial charge in [0.05, 0.1) is 22.0 Å². The summed E-state index contributed by atoms with van der Waals surface area (Å²) in [5, 5.41) is 3.22. The van der Waals surface area contributed by atoms with E-state index < -0.39 is 34.4 Å². The SMILES string of the molecule is CNC(=O)C(Cc1ccccc1)N(Cc1ccc(Cl)c(Cl)c1)C(=O)CN(c1cccc(C(C)=O)c1)S(C)(=O)=O. The van der Waals surface area contributed by atoms with Crippen molar-refractivity contribution in [2.75, 3.05) is 24.2 Å². The lowest BCUT2D eigenvalue weighted by atomic mass is 10.0. The van der Waals surface area contributed by atoms with Gasteiger partial charge in [0, 0.05) is 25.6 Å². The molecule has 0 bridgehead atoms. The van der Waals surface area contributed by atoms with Crippen LogP contribution in [0.1, 0.15) is 28.4 Å². The van der Waals surface area contributed by atoms with E-state index in [0.717, 1.165) is 16.1 Å². The van der Waals surface area contributed by atoms with Crippen LogP contribution in [0.15, 0.2) is 72.8 Å². The Morgan fingerprint density at radius 1 is 0.897 bits per heavy atom. The van der Waals surface area contributed by atoms with Crippen molar-refractivity contribution in [2.24, 2.45) is 0 Å². The lowest BCUT2D eigenvalue weighted by Crippen LogP contribution is -2.52. The number of hydrogen-bond donors (Lipinski definition) is 1. The Hall–Kier alpha value is -3.40. The number of ketones is 1. The molecule has 1 atom stereocenters. The summed E-state index contributed by atoms with van der Waals surface area (Å²) in [7, 11) is -2.48. The second kappa shape index (κ2) is 13.1. The quantitative estimate of drug-likeness (QED) is 0.335. The zero-order valence-corrected chi connectivity index (χ0v) is 24.1. The van der Waals surface area contributed by atoms with Crippen molar-refractivity contribution in [3.63, 3.8) is 0 Å². The Morgan fingerprint density at radius 3 is 2.18 bits per heavy atom. The first kappa shape index (κ1) is 30.1. The molecule has 1 N–H and O–H groups in total. The van der Waals surface area contributed by atoms with E-state index in [1.54, 1.807) is 30.3 Å². The van der Waals surface area contributed by atoms with Gasteiger partial charge in [-0.3, -0.25) is 18.7 Å². The number of nitrogens with zero attached hydrogens (tertiary/aromatic N) is 2. The van der Waals surface area contributed by atoms with Crippen LogP contribution in [-0.2, 0) is 32.6 Å². The highest BCUT2D eigenvalue weighted by atomic mass is 35.5.